The zero-order valence-electron chi connectivity index (χ0n) is 12.0. The molecule has 0 aliphatic heterocycles. The molecule has 2 N–H and O–H groups in total. The van der Waals surface area contributed by atoms with Crippen molar-refractivity contribution in [1.29, 1.82) is 0 Å². The summed E-state index contributed by atoms with van der Waals surface area (Å²) in [7, 11) is 0. The molecule has 0 saturated heterocycles. The number of esters is 1. The first-order valence-electron chi connectivity index (χ1n) is 6.66. The van der Waals surface area contributed by atoms with Crippen molar-refractivity contribution in [2.24, 2.45) is 0 Å². The lowest BCUT2D eigenvalue weighted by Gasteiger charge is -2.27. The molecule has 21 heavy (non-hydrogen) atoms. The van der Waals surface area contributed by atoms with Crippen molar-refractivity contribution in [3.05, 3.63) is 23.8 Å². The summed E-state index contributed by atoms with van der Waals surface area (Å²) >= 11 is 0. The topological polar surface area (TPSA) is 55.6 Å². The first-order valence-corrected chi connectivity index (χ1v) is 6.66. The number of nitrogens with zero attached hydrogens (tertiary/aromatic N) is 1. The molecular weight excluding hydrogens is 285 g/mol. The lowest BCUT2D eigenvalue weighted by molar-refractivity contribution is -0.119. The van der Waals surface area contributed by atoms with Gasteiger partial charge < -0.3 is 15.4 Å². The Morgan fingerprint density at radius 1 is 1.33 bits per heavy atom. The summed E-state index contributed by atoms with van der Waals surface area (Å²) in [5.41, 5.74) is 6.40. The smallest absolute Gasteiger partial charge is 0.405 e. The summed E-state index contributed by atoms with van der Waals surface area (Å²) in [4.78, 5) is 12.7. The molecule has 118 valence electrons. The Kier molecular flexibility index (Phi) is 5.87. The molecule has 1 aromatic carbocycles. The first kappa shape index (κ1) is 17.1. The fourth-order valence-corrected chi connectivity index (χ4v) is 1.95. The van der Waals surface area contributed by atoms with Crippen molar-refractivity contribution >= 4 is 17.3 Å². The highest BCUT2D eigenvalue weighted by Crippen LogP contribution is 2.28. The third kappa shape index (κ3) is 5.17. The van der Waals surface area contributed by atoms with E-state index in [1.165, 1.54) is 18.2 Å². The van der Waals surface area contributed by atoms with Crippen LogP contribution in [0.2, 0.25) is 0 Å². The average molecular weight is 304 g/mol. The third-order valence-corrected chi connectivity index (χ3v) is 2.74. The first-order chi connectivity index (χ1) is 9.78. The maximum absolute atomic E-state index is 12.6. The standard InChI is InChI=1S/C14H19F3N2O2/c1-3-7-19(9-14(15,16)17)12-6-5-10(8-11(12)18)13(20)21-4-2/h5-6,8H,3-4,7,9,18H2,1-2H3. The van der Waals surface area contributed by atoms with Gasteiger partial charge in [0.05, 0.1) is 23.5 Å². The number of rotatable bonds is 6. The minimum atomic E-state index is -4.32. The quantitative estimate of drug-likeness (QED) is 0.647. The van der Waals surface area contributed by atoms with Gasteiger partial charge in [0.2, 0.25) is 0 Å². The number of carbonyl (C=O) groups excluding carboxylic acids is 1. The monoisotopic (exact) mass is 304 g/mol. The van der Waals surface area contributed by atoms with Crippen molar-refractivity contribution < 1.29 is 22.7 Å². The molecule has 0 aliphatic carbocycles. The molecule has 0 radical (unpaired) electrons. The number of ether oxygens (including phenoxy) is 1. The molecule has 0 heterocycles. The number of nitrogen functional groups attached to an aromatic ring is 1. The van der Waals surface area contributed by atoms with E-state index in [1.54, 1.807) is 13.8 Å². The molecule has 0 amide bonds. The fraction of sp³-hybridized carbons (Fsp3) is 0.500. The maximum Gasteiger partial charge on any atom is 0.405 e. The van der Waals surface area contributed by atoms with E-state index in [-0.39, 0.29) is 30.1 Å². The van der Waals surface area contributed by atoms with Crippen molar-refractivity contribution in [2.75, 3.05) is 30.3 Å². The van der Waals surface area contributed by atoms with E-state index in [9.17, 15) is 18.0 Å². The Labute approximate surface area is 121 Å². The highest BCUT2D eigenvalue weighted by Gasteiger charge is 2.31. The van der Waals surface area contributed by atoms with Gasteiger partial charge in [0.15, 0.2) is 0 Å². The van der Waals surface area contributed by atoms with Crippen LogP contribution in [0.5, 0.6) is 0 Å². The van der Waals surface area contributed by atoms with E-state index in [2.05, 4.69) is 0 Å². The summed E-state index contributed by atoms with van der Waals surface area (Å²) in [6, 6.07) is 4.18. The molecular formula is C14H19F3N2O2. The van der Waals surface area contributed by atoms with Crippen LogP contribution in [0.25, 0.3) is 0 Å². The summed E-state index contributed by atoms with van der Waals surface area (Å²) in [6.07, 6.45) is -3.77. The number of nitrogens with two attached hydrogens (primary N) is 1. The van der Waals surface area contributed by atoms with E-state index in [1.807, 2.05) is 0 Å². The van der Waals surface area contributed by atoms with Gasteiger partial charge in [-0.25, -0.2) is 4.79 Å². The van der Waals surface area contributed by atoms with E-state index >= 15 is 0 Å². The molecule has 1 aromatic rings. The predicted molar refractivity (Wildman–Crippen MR) is 75.4 cm³/mol. The van der Waals surface area contributed by atoms with E-state index in [0.717, 1.165) is 4.90 Å². The van der Waals surface area contributed by atoms with Crippen LogP contribution in [-0.4, -0.2) is 31.8 Å². The van der Waals surface area contributed by atoms with Gasteiger partial charge in [-0.15, -0.1) is 0 Å². The van der Waals surface area contributed by atoms with Crippen LogP contribution >= 0.6 is 0 Å². The number of alkyl halides is 3. The van der Waals surface area contributed by atoms with E-state index < -0.39 is 18.7 Å². The molecule has 0 bridgehead atoms. The summed E-state index contributed by atoms with van der Waals surface area (Å²) in [6.45, 7) is 2.82. The van der Waals surface area contributed by atoms with E-state index in [4.69, 9.17) is 10.5 Å². The van der Waals surface area contributed by atoms with Crippen molar-refractivity contribution in [3.8, 4) is 0 Å². The number of hydrogen-bond donors (Lipinski definition) is 1. The molecule has 7 heteroatoms. The Hall–Kier alpha value is -1.92. The molecule has 0 aromatic heterocycles. The largest absolute Gasteiger partial charge is 0.462 e. The number of carbonyl (C=O) groups is 1. The van der Waals surface area contributed by atoms with Gasteiger partial charge in [-0.3, -0.25) is 0 Å². The fourth-order valence-electron chi connectivity index (χ4n) is 1.95. The van der Waals surface area contributed by atoms with Crippen LogP contribution in [0.15, 0.2) is 18.2 Å². The zero-order valence-corrected chi connectivity index (χ0v) is 12.0. The summed E-state index contributed by atoms with van der Waals surface area (Å²) in [5, 5.41) is 0. The van der Waals surface area contributed by atoms with Gasteiger partial charge in [0.1, 0.15) is 6.54 Å². The Morgan fingerprint density at radius 2 is 2.00 bits per heavy atom. The molecule has 0 saturated carbocycles. The molecule has 4 nitrogen and oxygen atoms in total. The van der Waals surface area contributed by atoms with Gasteiger partial charge in [-0.05, 0) is 31.5 Å². The lowest BCUT2D eigenvalue weighted by Crippen LogP contribution is -2.35. The number of hydrogen-bond acceptors (Lipinski definition) is 4. The van der Waals surface area contributed by atoms with Crippen molar-refractivity contribution in [2.45, 2.75) is 26.4 Å². The third-order valence-electron chi connectivity index (χ3n) is 2.74. The summed E-state index contributed by atoms with van der Waals surface area (Å²) in [5.74, 6) is -0.548. The second-order valence-corrected chi connectivity index (χ2v) is 4.53. The summed E-state index contributed by atoms with van der Waals surface area (Å²) < 4.78 is 42.6. The van der Waals surface area contributed by atoms with Crippen LogP contribution < -0.4 is 10.6 Å². The van der Waals surface area contributed by atoms with Gasteiger partial charge >= 0.3 is 12.1 Å². The average Bonchev–Trinajstić information content (AvgIpc) is 2.37. The highest BCUT2D eigenvalue weighted by molar-refractivity contribution is 5.92. The van der Waals surface area contributed by atoms with Crippen LogP contribution in [0, 0.1) is 0 Å². The highest BCUT2D eigenvalue weighted by atomic mass is 19.4. The molecule has 1 rings (SSSR count). The van der Waals surface area contributed by atoms with Crippen LogP contribution in [0.4, 0.5) is 24.5 Å². The Bertz CT molecular complexity index is 490. The zero-order chi connectivity index (χ0) is 16.0. The molecule has 0 spiro atoms. The van der Waals surface area contributed by atoms with Crippen molar-refractivity contribution in [1.82, 2.24) is 0 Å². The van der Waals surface area contributed by atoms with Gasteiger partial charge in [0, 0.05) is 6.54 Å². The maximum atomic E-state index is 12.6. The second kappa shape index (κ2) is 7.19. The SMILES string of the molecule is CCCN(CC(F)(F)F)c1ccc(C(=O)OCC)cc1N. The Balaban J connectivity index is 3.02. The minimum Gasteiger partial charge on any atom is -0.462 e. The molecule has 0 unspecified atom stereocenters. The van der Waals surface area contributed by atoms with Gasteiger partial charge in [-0.2, -0.15) is 13.2 Å². The van der Waals surface area contributed by atoms with Crippen LogP contribution in [0.1, 0.15) is 30.6 Å². The normalized spacial score (nSPS) is 11.3. The minimum absolute atomic E-state index is 0.123. The van der Waals surface area contributed by atoms with Gasteiger partial charge in [0.25, 0.3) is 0 Å². The van der Waals surface area contributed by atoms with Crippen LogP contribution in [-0.2, 0) is 4.74 Å². The number of benzene rings is 1. The predicted octanol–water partition coefficient (Wildman–Crippen LogP) is 3.22. The number of halogens is 3. The van der Waals surface area contributed by atoms with Gasteiger partial charge in [-0.1, -0.05) is 6.92 Å². The molecule has 0 aliphatic rings. The number of anilines is 2. The van der Waals surface area contributed by atoms with E-state index in [0.29, 0.717) is 6.42 Å². The second-order valence-electron chi connectivity index (χ2n) is 4.53. The molecule has 0 fully saturated rings. The van der Waals surface area contributed by atoms with Crippen LogP contribution in [0.3, 0.4) is 0 Å². The Morgan fingerprint density at radius 3 is 2.48 bits per heavy atom. The van der Waals surface area contributed by atoms with Crippen molar-refractivity contribution in [3.63, 3.8) is 0 Å². The lowest BCUT2D eigenvalue weighted by atomic mass is 10.1. The molecule has 0 atom stereocenters.